The Kier molecular flexibility index (Phi) is 57.0. The monoisotopic (exact) mass is 1400 g/mol. The average Bonchev–Trinajstić information content (AvgIpc) is 3.37. The number of thioether (sulfide) groups is 4. The summed E-state index contributed by atoms with van der Waals surface area (Å²) in [6.45, 7) is 31.4. The van der Waals surface area contributed by atoms with Crippen molar-refractivity contribution in [3.8, 4) is 0 Å². The number of hydrogen-bond donors (Lipinski definition) is 0. The van der Waals surface area contributed by atoms with E-state index in [1.165, 1.54) is 17.5 Å². The van der Waals surface area contributed by atoms with Gasteiger partial charge in [-0.15, -0.1) is 0 Å². The van der Waals surface area contributed by atoms with Crippen LogP contribution in [0.5, 0.6) is 0 Å². The molecular weight excluding hydrogens is 1300 g/mol. The second-order valence-corrected chi connectivity index (χ2v) is 43.9. The molecule has 78 heavy (non-hydrogen) atoms. The lowest BCUT2D eigenvalue weighted by atomic mass is 10.6. The van der Waals surface area contributed by atoms with Crippen LogP contribution < -0.4 is 0 Å². The predicted octanol–water partition coefficient (Wildman–Crippen LogP) is 13.7. The van der Waals surface area contributed by atoms with E-state index < -0.39 is 35.2 Å². The summed E-state index contributed by atoms with van der Waals surface area (Å²) in [7, 11) is 20.8. The smallest absolute Gasteiger partial charge is 0.374 e. The quantitative estimate of drug-likeness (QED) is 0.0143. The van der Waals surface area contributed by atoms with Gasteiger partial charge in [0.25, 0.3) is 17.5 Å². The minimum Gasteiger partial charge on any atom is -0.374 e. The zero-order valence-electron chi connectivity index (χ0n) is 51.1. The molecule has 0 amide bonds. The minimum absolute atomic E-state index is 0.606. The third-order valence-electron chi connectivity index (χ3n) is 9.28. The van der Waals surface area contributed by atoms with Gasteiger partial charge in [0, 0.05) is 170 Å². The van der Waals surface area contributed by atoms with Crippen LogP contribution in [0.3, 0.4) is 0 Å². The van der Waals surface area contributed by atoms with Crippen molar-refractivity contribution in [3.63, 3.8) is 0 Å². The summed E-state index contributed by atoms with van der Waals surface area (Å²) in [5.41, 5.74) is 0. The maximum absolute atomic E-state index is 6.00. The molecule has 0 fully saturated rings. The van der Waals surface area contributed by atoms with Crippen LogP contribution in [0, 0.1) is 0 Å². The molecule has 0 N–H and O–H groups in total. The van der Waals surface area contributed by atoms with Gasteiger partial charge in [-0.1, -0.05) is 0 Å². The first-order valence-electron chi connectivity index (χ1n) is 27.1. The molecule has 0 spiro atoms. The average molecular weight is 1400 g/mol. The summed E-state index contributed by atoms with van der Waals surface area (Å²) in [5, 5.41) is 0. The van der Waals surface area contributed by atoms with Crippen LogP contribution in [0.15, 0.2) is 0 Å². The van der Waals surface area contributed by atoms with E-state index in [0.29, 0.717) is 79.3 Å². The highest BCUT2D eigenvalue weighted by molar-refractivity contribution is 9.30. The summed E-state index contributed by atoms with van der Waals surface area (Å²) < 4.78 is 85.8. The Morgan fingerprint density at radius 3 is 0.590 bits per heavy atom. The molecule has 0 aromatic carbocycles. The fourth-order valence-corrected chi connectivity index (χ4v) is 37.7. The van der Waals surface area contributed by atoms with E-state index in [0.717, 1.165) is 60.0 Å². The number of hydrogen-bond acceptors (Lipinski definition) is 24. The molecule has 0 aromatic rings. The fraction of sp³-hybridized carbons (Fsp3) is 0.913. The molecule has 0 bridgehead atoms. The Morgan fingerprint density at radius 1 is 0.256 bits per heavy atom. The van der Waals surface area contributed by atoms with E-state index in [-0.39, 0.29) is 0 Å². The largest absolute Gasteiger partial charge is 0.501 e. The first-order chi connectivity index (χ1) is 37.4. The topological polar surface area (TPSA) is 123 Å². The molecule has 0 saturated carbocycles. The van der Waals surface area contributed by atoms with E-state index >= 15 is 0 Å². The van der Waals surface area contributed by atoms with E-state index in [1.807, 2.05) is 152 Å². The molecule has 32 heteroatoms. The van der Waals surface area contributed by atoms with Gasteiger partial charge >= 0.3 is 35.2 Å². The van der Waals surface area contributed by atoms with Crippen LogP contribution in [-0.4, -0.2) is 230 Å². The van der Waals surface area contributed by atoms with E-state index in [2.05, 4.69) is 74.7 Å². The first kappa shape index (κ1) is 83.3. The molecule has 0 heterocycles. The molecule has 0 rings (SSSR count). The predicted molar refractivity (Wildman–Crippen MR) is 370 cm³/mol. The zero-order chi connectivity index (χ0) is 59.1. The van der Waals surface area contributed by atoms with Crippen LogP contribution in [0.4, 0.5) is 0 Å². The van der Waals surface area contributed by atoms with E-state index in [9.17, 15) is 0 Å². The molecule has 0 saturated heterocycles. The standard InChI is InChI=1S/C24H54N2O6S6Si2.C22H50N2O6S6Si2/c1-11-27-39(28-12-2,29-13-3)21-17-19-33-23(25(7)8)35-37-38-36-24(26(9)10)34-20-18-22-40(30-14-4,31-15-5)32-16-6;1-11-25-37(26-12-2,27-13-3)19-17-31-21(23(7)8)33-35-36-34-22(24(9)10)32-18-20-38(28-14-4,29-15-5)30-16-6/h11-22H2,1-10H3;11-20H2,1-10H3/q2*+2. The van der Waals surface area contributed by atoms with Crippen molar-refractivity contribution in [3.05, 3.63) is 0 Å². The van der Waals surface area contributed by atoms with Crippen molar-refractivity contribution in [2.45, 2.75) is 120 Å². The lowest BCUT2D eigenvalue weighted by Gasteiger charge is -2.28. The highest BCUT2D eigenvalue weighted by atomic mass is 33.7. The van der Waals surface area contributed by atoms with Crippen LogP contribution in [0.1, 0.15) is 95.9 Å². The summed E-state index contributed by atoms with van der Waals surface area (Å²) in [6, 6.07) is 3.28. The van der Waals surface area contributed by atoms with Crippen LogP contribution >= 0.6 is 130 Å². The third-order valence-corrected chi connectivity index (χ3v) is 42.2. The molecule has 0 aromatic heterocycles. The Bertz CT molecular complexity index is 1450. The van der Waals surface area contributed by atoms with Gasteiger partial charge in [-0.25, -0.2) is 18.3 Å². The molecule has 0 atom stereocenters. The number of rotatable bonds is 44. The third kappa shape index (κ3) is 39.2. The Labute approximate surface area is 527 Å². The lowest BCUT2D eigenvalue weighted by Crippen LogP contribution is -2.46. The maximum Gasteiger partial charge on any atom is 0.501 e. The van der Waals surface area contributed by atoms with E-state index in [4.69, 9.17) is 53.1 Å². The normalized spacial score (nSPS) is 12.2. The van der Waals surface area contributed by atoms with Gasteiger partial charge in [-0.05, 0) is 182 Å². The van der Waals surface area contributed by atoms with Crippen molar-refractivity contribution in [2.75, 3.05) is 159 Å². The number of nitrogens with zero attached hydrogens (tertiary/aromatic N) is 4. The molecule has 0 unspecified atom stereocenters. The van der Waals surface area contributed by atoms with Crippen molar-refractivity contribution in [1.29, 1.82) is 0 Å². The summed E-state index contributed by atoms with van der Waals surface area (Å²) in [6.07, 6.45) is 1.99. The van der Waals surface area contributed by atoms with Gasteiger partial charge in [-0.3, -0.25) is 0 Å². The van der Waals surface area contributed by atoms with Crippen molar-refractivity contribution < 1.29 is 71.4 Å². The van der Waals surface area contributed by atoms with E-state index in [1.54, 1.807) is 60.9 Å². The summed E-state index contributed by atoms with van der Waals surface area (Å²) >= 11 is 7.42. The fourth-order valence-electron chi connectivity index (χ4n) is 6.51. The van der Waals surface area contributed by atoms with Gasteiger partial charge in [0.2, 0.25) is 0 Å². The second-order valence-electron chi connectivity index (χ2n) is 16.3. The van der Waals surface area contributed by atoms with Gasteiger partial charge in [0.1, 0.15) is 56.4 Å². The van der Waals surface area contributed by atoms with Crippen molar-refractivity contribution in [1.82, 2.24) is 0 Å². The minimum atomic E-state index is -2.62. The SMILES string of the molecule is CCO[Si](CCCSC(SSSSC(SCCC[Si](OCC)(OCC)OCC)=[N+](C)C)=[N+](C)C)(OCC)OCC.CCO[Si](CCSC(SSSSC(SCC[Si](OCC)(OCC)OCC)=[N+](C)C)=[N+](C)C)(OCC)OCC. The van der Waals surface area contributed by atoms with Crippen LogP contribution in [0.25, 0.3) is 0 Å². The van der Waals surface area contributed by atoms with Crippen molar-refractivity contribution in [2.24, 2.45) is 0 Å². The lowest BCUT2D eigenvalue weighted by molar-refractivity contribution is -0.458. The van der Waals surface area contributed by atoms with Crippen LogP contribution in [0.2, 0.25) is 24.2 Å². The summed E-state index contributed by atoms with van der Waals surface area (Å²) in [4.78, 5) is 0. The molecule has 0 aliphatic carbocycles. The Hall–Kier alpha value is 3.27. The maximum atomic E-state index is 6.00. The Balaban J connectivity index is 0. The molecule has 0 aliphatic heterocycles. The van der Waals surface area contributed by atoms with Gasteiger partial charge < -0.3 is 53.1 Å². The van der Waals surface area contributed by atoms with Gasteiger partial charge in [0.05, 0.1) is 0 Å². The molecular formula is C46H104N4O12S12Si4+4. The first-order valence-corrected chi connectivity index (χ1v) is 48.4. The Morgan fingerprint density at radius 2 is 0.423 bits per heavy atom. The highest BCUT2D eigenvalue weighted by Crippen LogP contribution is 2.48. The van der Waals surface area contributed by atoms with Gasteiger partial charge in [0.15, 0.2) is 0 Å². The second kappa shape index (κ2) is 53.3. The van der Waals surface area contributed by atoms with Crippen LogP contribution in [-0.2, 0) is 53.1 Å². The zero-order valence-corrected chi connectivity index (χ0v) is 64.9. The van der Waals surface area contributed by atoms with Gasteiger partial charge in [-0.2, -0.15) is 0 Å². The highest BCUT2D eigenvalue weighted by Gasteiger charge is 2.43. The molecule has 0 aliphatic rings. The summed E-state index contributed by atoms with van der Waals surface area (Å²) in [5.74, 6) is 3.78. The molecule has 16 nitrogen and oxygen atoms in total. The molecule has 464 valence electrons. The molecule has 0 radical (unpaired) electrons. The van der Waals surface area contributed by atoms with Crippen molar-refractivity contribution >= 4 is 182 Å².